The Hall–Kier alpha value is -1.93. The van der Waals surface area contributed by atoms with Gasteiger partial charge in [0, 0.05) is 18.9 Å². The molecular formula is C18H21NO. The normalized spacial score (nSPS) is 12.1. The van der Waals surface area contributed by atoms with Crippen LogP contribution >= 0.6 is 0 Å². The molecule has 0 aliphatic carbocycles. The Morgan fingerprint density at radius 2 is 1.55 bits per heavy atom. The SMILES string of the molecule is NC(CC(=O)CCCc1ccccc1)c1ccccc1. The van der Waals surface area contributed by atoms with E-state index >= 15 is 0 Å². The maximum atomic E-state index is 11.9. The molecule has 0 fully saturated rings. The van der Waals surface area contributed by atoms with Crippen molar-refractivity contribution in [2.45, 2.75) is 31.7 Å². The van der Waals surface area contributed by atoms with Crippen molar-refractivity contribution in [1.29, 1.82) is 0 Å². The summed E-state index contributed by atoms with van der Waals surface area (Å²) in [4.78, 5) is 11.9. The molecule has 0 saturated carbocycles. The van der Waals surface area contributed by atoms with Crippen LogP contribution in [0.5, 0.6) is 0 Å². The Kier molecular flexibility index (Phi) is 5.51. The molecule has 1 unspecified atom stereocenters. The minimum absolute atomic E-state index is 0.180. The minimum Gasteiger partial charge on any atom is -0.324 e. The van der Waals surface area contributed by atoms with E-state index in [1.54, 1.807) is 0 Å². The van der Waals surface area contributed by atoms with Crippen LogP contribution in [-0.2, 0) is 11.2 Å². The summed E-state index contributed by atoms with van der Waals surface area (Å²) in [6.07, 6.45) is 2.88. The smallest absolute Gasteiger partial charge is 0.134 e. The second-order valence-corrected chi connectivity index (χ2v) is 5.10. The highest BCUT2D eigenvalue weighted by molar-refractivity contribution is 5.79. The van der Waals surface area contributed by atoms with E-state index in [1.807, 2.05) is 48.5 Å². The van der Waals surface area contributed by atoms with Gasteiger partial charge in [-0.05, 0) is 24.0 Å². The van der Waals surface area contributed by atoms with Gasteiger partial charge in [0.25, 0.3) is 0 Å². The fourth-order valence-electron chi connectivity index (χ4n) is 2.30. The van der Waals surface area contributed by atoms with Crippen LogP contribution in [0, 0.1) is 0 Å². The van der Waals surface area contributed by atoms with Crippen LogP contribution in [-0.4, -0.2) is 5.78 Å². The first-order valence-electron chi connectivity index (χ1n) is 7.12. The van der Waals surface area contributed by atoms with E-state index in [0.29, 0.717) is 12.8 Å². The summed E-state index contributed by atoms with van der Waals surface area (Å²) < 4.78 is 0. The van der Waals surface area contributed by atoms with Crippen molar-refractivity contribution in [3.05, 3.63) is 71.8 Å². The lowest BCUT2D eigenvalue weighted by atomic mass is 9.99. The summed E-state index contributed by atoms with van der Waals surface area (Å²) in [7, 11) is 0. The van der Waals surface area contributed by atoms with Gasteiger partial charge in [-0.15, -0.1) is 0 Å². The van der Waals surface area contributed by atoms with E-state index in [-0.39, 0.29) is 11.8 Å². The second kappa shape index (κ2) is 7.61. The molecule has 2 nitrogen and oxygen atoms in total. The van der Waals surface area contributed by atoms with Crippen molar-refractivity contribution < 1.29 is 4.79 Å². The first kappa shape index (κ1) is 14.5. The zero-order valence-electron chi connectivity index (χ0n) is 11.7. The quantitative estimate of drug-likeness (QED) is 0.831. The van der Waals surface area contributed by atoms with Gasteiger partial charge in [0.2, 0.25) is 0 Å². The lowest BCUT2D eigenvalue weighted by Gasteiger charge is -2.11. The maximum Gasteiger partial charge on any atom is 0.134 e. The molecule has 2 rings (SSSR count). The number of Topliss-reactive ketones (excluding diaryl/α,β-unsaturated/α-hetero) is 1. The van der Waals surface area contributed by atoms with Gasteiger partial charge in [-0.1, -0.05) is 60.7 Å². The summed E-state index contributed by atoms with van der Waals surface area (Å²) in [5.74, 6) is 0.247. The third-order valence-electron chi connectivity index (χ3n) is 3.44. The van der Waals surface area contributed by atoms with Crippen LogP contribution in [0.25, 0.3) is 0 Å². The molecule has 0 amide bonds. The number of carbonyl (C=O) groups excluding carboxylic acids is 1. The van der Waals surface area contributed by atoms with Crippen molar-refractivity contribution >= 4 is 5.78 Å². The summed E-state index contributed by atoms with van der Waals surface area (Å²) >= 11 is 0. The maximum absolute atomic E-state index is 11.9. The van der Waals surface area contributed by atoms with E-state index in [2.05, 4.69) is 12.1 Å². The molecule has 0 spiro atoms. The fourth-order valence-corrected chi connectivity index (χ4v) is 2.30. The van der Waals surface area contributed by atoms with Crippen LogP contribution < -0.4 is 5.73 Å². The number of hydrogen-bond donors (Lipinski definition) is 1. The average Bonchev–Trinajstić information content (AvgIpc) is 2.49. The van der Waals surface area contributed by atoms with Gasteiger partial charge in [0.1, 0.15) is 5.78 Å². The van der Waals surface area contributed by atoms with E-state index in [0.717, 1.165) is 18.4 Å². The Bertz CT molecular complexity index is 522. The molecular weight excluding hydrogens is 246 g/mol. The molecule has 0 heterocycles. The molecule has 104 valence electrons. The van der Waals surface area contributed by atoms with Crippen LogP contribution in [0.2, 0.25) is 0 Å². The lowest BCUT2D eigenvalue weighted by molar-refractivity contribution is -0.119. The number of benzene rings is 2. The number of aryl methyl sites for hydroxylation is 1. The third-order valence-corrected chi connectivity index (χ3v) is 3.44. The van der Waals surface area contributed by atoms with E-state index < -0.39 is 0 Å². The van der Waals surface area contributed by atoms with Crippen LogP contribution in [0.3, 0.4) is 0 Å². The van der Waals surface area contributed by atoms with Gasteiger partial charge in [-0.2, -0.15) is 0 Å². The van der Waals surface area contributed by atoms with Crippen molar-refractivity contribution in [3.8, 4) is 0 Å². The van der Waals surface area contributed by atoms with Gasteiger partial charge in [-0.25, -0.2) is 0 Å². The monoisotopic (exact) mass is 267 g/mol. The van der Waals surface area contributed by atoms with Crippen LogP contribution in [0.1, 0.15) is 36.4 Å². The second-order valence-electron chi connectivity index (χ2n) is 5.10. The molecule has 1 atom stereocenters. The first-order valence-corrected chi connectivity index (χ1v) is 7.12. The Balaban J connectivity index is 1.73. The number of nitrogens with two attached hydrogens (primary N) is 1. The molecule has 2 aromatic rings. The van der Waals surface area contributed by atoms with Gasteiger partial charge >= 0.3 is 0 Å². The first-order chi connectivity index (χ1) is 9.75. The topological polar surface area (TPSA) is 43.1 Å². The third kappa shape index (κ3) is 4.63. The van der Waals surface area contributed by atoms with E-state index in [9.17, 15) is 4.79 Å². The Morgan fingerprint density at radius 1 is 0.950 bits per heavy atom. The zero-order chi connectivity index (χ0) is 14.2. The summed E-state index contributed by atoms with van der Waals surface area (Å²) in [6, 6.07) is 19.9. The predicted molar refractivity (Wildman–Crippen MR) is 82.4 cm³/mol. The van der Waals surface area contributed by atoms with Crippen molar-refractivity contribution in [1.82, 2.24) is 0 Å². The highest BCUT2D eigenvalue weighted by atomic mass is 16.1. The van der Waals surface area contributed by atoms with Gasteiger partial charge in [-0.3, -0.25) is 4.79 Å². The molecule has 20 heavy (non-hydrogen) atoms. The highest BCUT2D eigenvalue weighted by Crippen LogP contribution is 2.15. The number of rotatable bonds is 7. The Labute approximate surface area is 120 Å². The van der Waals surface area contributed by atoms with Gasteiger partial charge in [0.05, 0.1) is 0 Å². The number of ketones is 1. The molecule has 2 N–H and O–H groups in total. The standard InChI is InChI=1S/C18H21NO/c19-18(16-11-5-2-6-12-16)14-17(20)13-7-10-15-8-3-1-4-9-15/h1-6,8-9,11-12,18H,7,10,13-14,19H2. The highest BCUT2D eigenvalue weighted by Gasteiger charge is 2.11. The lowest BCUT2D eigenvalue weighted by Crippen LogP contribution is -2.15. The molecule has 0 radical (unpaired) electrons. The van der Waals surface area contributed by atoms with Crippen molar-refractivity contribution in [2.24, 2.45) is 5.73 Å². The van der Waals surface area contributed by atoms with Crippen molar-refractivity contribution in [3.63, 3.8) is 0 Å². The number of carbonyl (C=O) groups is 1. The Morgan fingerprint density at radius 3 is 2.20 bits per heavy atom. The summed E-state index contributed by atoms with van der Waals surface area (Å²) in [5, 5.41) is 0. The molecule has 0 aliphatic heterocycles. The van der Waals surface area contributed by atoms with Crippen LogP contribution in [0.15, 0.2) is 60.7 Å². The summed E-state index contributed by atoms with van der Waals surface area (Å²) in [5.41, 5.74) is 8.37. The van der Waals surface area contributed by atoms with Crippen LogP contribution in [0.4, 0.5) is 0 Å². The van der Waals surface area contributed by atoms with E-state index in [4.69, 9.17) is 5.73 Å². The number of hydrogen-bond acceptors (Lipinski definition) is 2. The molecule has 0 aliphatic rings. The molecule has 2 heteroatoms. The summed E-state index contributed by atoms with van der Waals surface area (Å²) in [6.45, 7) is 0. The largest absolute Gasteiger partial charge is 0.324 e. The minimum atomic E-state index is -0.180. The van der Waals surface area contributed by atoms with Gasteiger partial charge in [0.15, 0.2) is 0 Å². The van der Waals surface area contributed by atoms with E-state index in [1.165, 1.54) is 5.56 Å². The average molecular weight is 267 g/mol. The zero-order valence-corrected chi connectivity index (χ0v) is 11.7. The van der Waals surface area contributed by atoms with Gasteiger partial charge < -0.3 is 5.73 Å². The molecule has 0 bridgehead atoms. The predicted octanol–water partition coefficient (Wildman–Crippen LogP) is 3.67. The molecule has 2 aromatic carbocycles. The fraction of sp³-hybridized carbons (Fsp3) is 0.278. The molecule has 0 saturated heterocycles. The molecule has 0 aromatic heterocycles. The van der Waals surface area contributed by atoms with Crippen molar-refractivity contribution in [2.75, 3.05) is 0 Å².